The standard InChI is InChI=1S/C9H17BrN2O/c1-8(2)11-3-5-12(6-4-11)9(13)7-10/h8H,3-7H2,1-2H3. The first-order chi connectivity index (χ1) is 6.15. The highest BCUT2D eigenvalue weighted by atomic mass is 79.9. The zero-order valence-corrected chi connectivity index (χ0v) is 9.88. The number of amides is 1. The van der Waals surface area contributed by atoms with Crippen LogP contribution in [0.25, 0.3) is 0 Å². The van der Waals surface area contributed by atoms with Gasteiger partial charge in [0.1, 0.15) is 0 Å². The molecule has 0 spiro atoms. The Labute approximate surface area is 88.2 Å². The fraction of sp³-hybridized carbons (Fsp3) is 0.889. The summed E-state index contributed by atoms with van der Waals surface area (Å²) in [6.45, 7) is 8.17. The number of hydrogen-bond acceptors (Lipinski definition) is 2. The van der Waals surface area contributed by atoms with Crippen molar-refractivity contribution in [3.05, 3.63) is 0 Å². The molecular formula is C9H17BrN2O. The van der Waals surface area contributed by atoms with Crippen LogP contribution in [-0.2, 0) is 4.79 Å². The maximum atomic E-state index is 11.3. The van der Waals surface area contributed by atoms with Gasteiger partial charge in [0.15, 0.2) is 0 Å². The molecule has 0 aromatic rings. The van der Waals surface area contributed by atoms with Gasteiger partial charge in [-0.1, -0.05) is 15.9 Å². The fourth-order valence-corrected chi connectivity index (χ4v) is 1.93. The Kier molecular flexibility index (Phi) is 4.19. The van der Waals surface area contributed by atoms with Gasteiger partial charge in [0, 0.05) is 32.2 Å². The molecule has 1 saturated heterocycles. The Morgan fingerprint density at radius 3 is 2.23 bits per heavy atom. The molecule has 0 aromatic heterocycles. The molecule has 0 aromatic carbocycles. The van der Waals surface area contributed by atoms with E-state index in [0.29, 0.717) is 11.4 Å². The maximum absolute atomic E-state index is 11.3. The third-order valence-corrected chi connectivity index (χ3v) is 2.99. The quantitative estimate of drug-likeness (QED) is 0.680. The second-order valence-electron chi connectivity index (χ2n) is 3.64. The second-order valence-corrected chi connectivity index (χ2v) is 4.20. The van der Waals surface area contributed by atoms with Crippen LogP contribution in [0.15, 0.2) is 0 Å². The Hall–Kier alpha value is -0.0900. The van der Waals surface area contributed by atoms with Gasteiger partial charge >= 0.3 is 0 Å². The third-order valence-electron chi connectivity index (χ3n) is 2.51. The van der Waals surface area contributed by atoms with E-state index in [9.17, 15) is 4.79 Å². The first-order valence-electron chi connectivity index (χ1n) is 4.73. The Balaban J connectivity index is 2.34. The Morgan fingerprint density at radius 2 is 1.85 bits per heavy atom. The summed E-state index contributed by atoms with van der Waals surface area (Å²) in [5.74, 6) is 0.211. The highest BCUT2D eigenvalue weighted by Gasteiger charge is 2.21. The average Bonchev–Trinajstić information content (AvgIpc) is 2.17. The lowest BCUT2D eigenvalue weighted by molar-refractivity contribution is -0.130. The van der Waals surface area contributed by atoms with Crippen LogP contribution in [0.4, 0.5) is 0 Å². The highest BCUT2D eigenvalue weighted by Crippen LogP contribution is 2.06. The van der Waals surface area contributed by atoms with Crippen LogP contribution in [0.5, 0.6) is 0 Å². The van der Waals surface area contributed by atoms with Gasteiger partial charge in [0.05, 0.1) is 5.33 Å². The van der Waals surface area contributed by atoms with Crippen molar-refractivity contribution in [2.75, 3.05) is 31.5 Å². The number of hydrogen-bond donors (Lipinski definition) is 0. The number of carbonyl (C=O) groups is 1. The predicted molar refractivity (Wildman–Crippen MR) is 57.1 cm³/mol. The SMILES string of the molecule is CC(C)N1CCN(C(=O)CBr)CC1. The topological polar surface area (TPSA) is 23.6 Å². The molecule has 1 heterocycles. The van der Waals surface area contributed by atoms with Gasteiger partial charge in [-0.3, -0.25) is 9.69 Å². The number of piperazine rings is 1. The zero-order chi connectivity index (χ0) is 9.84. The summed E-state index contributed by atoms with van der Waals surface area (Å²) in [6.07, 6.45) is 0. The highest BCUT2D eigenvalue weighted by molar-refractivity contribution is 9.09. The largest absolute Gasteiger partial charge is 0.339 e. The van der Waals surface area contributed by atoms with Crippen molar-refractivity contribution in [1.82, 2.24) is 9.80 Å². The molecule has 13 heavy (non-hydrogen) atoms. The molecule has 1 amide bonds. The zero-order valence-electron chi connectivity index (χ0n) is 8.29. The van der Waals surface area contributed by atoms with Crippen LogP contribution in [0.2, 0.25) is 0 Å². The molecular weight excluding hydrogens is 232 g/mol. The lowest BCUT2D eigenvalue weighted by Crippen LogP contribution is -2.51. The van der Waals surface area contributed by atoms with Crippen LogP contribution in [-0.4, -0.2) is 53.3 Å². The molecule has 0 bridgehead atoms. The monoisotopic (exact) mass is 248 g/mol. The summed E-state index contributed by atoms with van der Waals surface area (Å²) in [5.41, 5.74) is 0. The molecule has 0 saturated carbocycles. The molecule has 1 aliphatic rings. The van der Waals surface area contributed by atoms with Crippen LogP contribution < -0.4 is 0 Å². The lowest BCUT2D eigenvalue weighted by atomic mass is 10.2. The maximum Gasteiger partial charge on any atom is 0.233 e. The smallest absolute Gasteiger partial charge is 0.233 e. The average molecular weight is 249 g/mol. The molecule has 0 N–H and O–H groups in total. The van der Waals surface area contributed by atoms with Gasteiger partial charge in [0.2, 0.25) is 5.91 Å². The van der Waals surface area contributed by atoms with Gasteiger partial charge in [-0.25, -0.2) is 0 Å². The predicted octanol–water partition coefficient (Wildman–Crippen LogP) is 0.934. The van der Waals surface area contributed by atoms with E-state index in [2.05, 4.69) is 34.7 Å². The van der Waals surface area contributed by atoms with E-state index in [-0.39, 0.29) is 5.91 Å². The van der Waals surface area contributed by atoms with E-state index in [1.807, 2.05) is 4.90 Å². The van der Waals surface area contributed by atoms with Crippen molar-refractivity contribution in [2.24, 2.45) is 0 Å². The molecule has 1 rings (SSSR count). The Morgan fingerprint density at radius 1 is 1.31 bits per heavy atom. The summed E-state index contributed by atoms with van der Waals surface area (Å²) in [6, 6.07) is 0.598. The van der Waals surface area contributed by atoms with E-state index < -0.39 is 0 Å². The van der Waals surface area contributed by atoms with Crippen molar-refractivity contribution < 1.29 is 4.79 Å². The molecule has 0 radical (unpaired) electrons. The normalized spacial score (nSPS) is 19.5. The first-order valence-corrected chi connectivity index (χ1v) is 5.85. The minimum Gasteiger partial charge on any atom is -0.339 e. The fourth-order valence-electron chi connectivity index (χ4n) is 1.57. The molecule has 3 nitrogen and oxygen atoms in total. The van der Waals surface area contributed by atoms with Gasteiger partial charge < -0.3 is 4.90 Å². The molecule has 0 aliphatic carbocycles. The van der Waals surface area contributed by atoms with Crippen LogP contribution in [0.1, 0.15) is 13.8 Å². The second kappa shape index (κ2) is 4.96. The van der Waals surface area contributed by atoms with Gasteiger partial charge in [-0.05, 0) is 13.8 Å². The summed E-state index contributed by atoms with van der Waals surface area (Å²) in [7, 11) is 0. The molecule has 0 unspecified atom stereocenters. The Bertz CT molecular complexity index is 176. The first kappa shape index (κ1) is 11.0. The van der Waals surface area contributed by atoms with E-state index >= 15 is 0 Å². The van der Waals surface area contributed by atoms with E-state index in [1.54, 1.807) is 0 Å². The van der Waals surface area contributed by atoms with Crippen molar-refractivity contribution in [3.8, 4) is 0 Å². The van der Waals surface area contributed by atoms with E-state index in [1.165, 1.54) is 0 Å². The van der Waals surface area contributed by atoms with Gasteiger partial charge in [-0.15, -0.1) is 0 Å². The summed E-state index contributed by atoms with van der Waals surface area (Å²) in [5, 5.41) is 0.453. The van der Waals surface area contributed by atoms with Crippen LogP contribution in [0, 0.1) is 0 Å². The number of carbonyl (C=O) groups excluding carboxylic acids is 1. The third kappa shape index (κ3) is 2.95. The molecule has 1 aliphatic heterocycles. The van der Waals surface area contributed by atoms with Crippen LogP contribution >= 0.6 is 15.9 Å². The van der Waals surface area contributed by atoms with Crippen molar-refractivity contribution in [1.29, 1.82) is 0 Å². The van der Waals surface area contributed by atoms with Gasteiger partial charge in [-0.2, -0.15) is 0 Å². The molecule has 0 atom stereocenters. The number of alkyl halides is 1. The van der Waals surface area contributed by atoms with Gasteiger partial charge in [0.25, 0.3) is 0 Å². The molecule has 1 fully saturated rings. The summed E-state index contributed by atoms with van der Waals surface area (Å²) >= 11 is 3.19. The lowest BCUT2D eigenvalue weighted by Gasteiger charge is -2.36. The van der Waals surface area contributed by atoms with E-state index in [0.717, 1.165) is 26.2 Å². The number of rotatable bonds is 2. The minimum atomic E-state index is 0.211. The van der Waals surface area contributed by atoms with Crippen molar-refractivity contribution in [3.63, 3.8) is 0 Å². The van der Waals surface area contributed by atoms with Crippen LogP contribution in [0.3, 0.4) is 0 Å². The molecule has 4 heteroatoms. The van der Waals surface area contributed by atoms with E-state index in [4.69, 9.17) is 0 Å². The summed E-state index contributed by atoms with van der Waals surface area (Å²) in [4.78, 5) is 15.6. The van der Waals surface area contributed by atoms with Crippen molar-refractivity contribution in [2.45, 2.75) is 19.9 Å². The minimum absolute atomic E-state index is 0.211. The molecule has 76 valence electrons. The number of halogens is 1. The number of nitrogens with zero attached hydrogens (tertiary/aromatic N) is 2. The summed E-state index contributed by atoms with van der Waals surface area (Å²) < 4.78 is 0. The van der Waals surface area contributed by atoms with Crippen molar-refractivity contribution >= 4 is 21.8 Å².